The van der Waals surface area contributed by atoms with Crippen LogP contribution in [0.15, 0.2) is 137 Å². The van der Waals surface area contributed by atoms with Crippen LogP contribution in [0.25, 0.3) is 0 Å². The number of fused-ring (bicyclic) bond motifs is 1. The largest absolute Gasteiger partial charge is 2.00 e. The van der Waals surface area contributed by atoms with Crippen LogP contribution in [-0.2, 0) is 34.3 Å². The molecular formula is C44H42N4NiO3. The Kier molecular flexibility index (Phi) is 11.7. The smallest absolute Gasteiger partial charge is 0.861 e. The molecule has 7 nitrogen and oxygen atoms in total. The maximum atomic E-state index is 13.9. The van der Waals surface area contributed by atoms with E-state index in [1.807, 2.05) is 91.0 Å². The first kappa shape index (κ1) is 36.7. The molecule has 0 spiro atoms. The number of carboxylic acid groups (broad SMARTS) is 1. The molecule has 2 aliphatic rings. The fraction of sp³-hybridized carbons (Fsp3) is 0.250. The number of para-hydroxylation sites is 1. The minimum atomic E-state index is -1.27. The summed E-state index contributed by atoms with van der Waals surface area (Å²) in [6.07, 6.45) is 2.43. The number of aryl methyl sites for hydroxylation is 2. The fourth-order valence-electron chi connectivity index (χ4n) is 7.50. The van der Waals surface area contributed by atoms with E-state index >= 15 is 0 Å². The zero-order chi connectivity index (χ0) is 35.3. The fourth-order valence-corrected chi connectivity index (χ4v) is 7.50. The Hall–Kier alpha value is -5.04. The Morgan fingerprint density at radius 2 is 1.50 bits per heavy atom. The van der Waals surface area contributed by atoms with Crippen molar-refractivity contribution >= 4 is 29.0 Å². The number of aliphatic imine (C=N–C) groups is 2. The molecule has 0 radical (unpaired) electrons. The number of benzene rings is 5. The standard InChI is InChI=1S/C44H44N4O3.Ni/c1-30-23-24-35(28-31(30)2)48-27-25-33-16-9-10-19-36(33)42(48)41(44(50)51)46-40(34-17-7-4-8-18-34)37-20-11-12-21-38(37)45-43(49)39-22-13-26-47(39)29-32-14-5-3-6-15-32;/h3-12,14-21,23-24,28,39,41-42H,13,22,25-27,29H2,1-2H3,(H,45,49)(H,50,51);/q;+2/p-2/t39-,41-,42-;/m0./s1. The quantitative estimate of drug-likeness (QED) is 0.0981. The molecule has 1 saturated heterocycles. The van der Waals surface area contributed by atoms with Gasteiger partial charge in [0.1, 0.15) is 6.04 Å². The van der Waals surface area contributed by atoms with E-state index < -0.39 is 18.1 Å². The normalized spacial score (nSPS) is 18.4. The molecule has 8 heteroatoms. The van der Waals surface area contributed by atoms with Gasteiger partial charge >= 0.3 is 16.5 Å². The molecule has 1 fully saturated rings. The molecule has 7 rings (SSSR count). The van der Waals surface area contributed by atoms with Gasteiger partial charge in [0.2, 0.25) is 0 Å². The van der Waals surface area contributed by atoms with Crippen LogP contribution in [-0.4, -0.2) is 47.7 Å². The number of aliphatic carboxylic acids is 1. The first-order valence-electron chi connectivity index (χ1n) is 17.8. The number of anilines is 1. The molecule has 0 amide bonds. The van der Waals surface area contributed by atoms with Crippen LogP contribution in [0.1, 0.15) is 57.8 Å². The summed E-state index contributed by atoms with van der Waals surface area (Å²) in [5, 5.41) is 27.3. The number of hydrogen-bond donors (Lipinski definition) is 0. The van der Waals surface area contributed by atoms with Crippen molar-refractivity contribution in [1.29, 1.82) is 0 Å². The molecule has 0 saturated carbocycles. The van der Waals surface area contributed by atoms with Crippen LogP contribution in [0.5, 0.6) is 0 Å². The molecule has 5 aromatic carbocycles. The van der Waals surface area contributed by atoms with Crippen LogP contribution in [0.4, 0.5) is 11.4 Å². The van der Waals surface area contributed by atoms with E-state index in [0.29, 0.717) is 30.1 Å². The van der Waals surface area contributed by atoms with Crippen LogP contribution < -0.4 is 15.1 Å². The van der Waals surface area contributed by atoms with E-state index in [9.17, 15) is 15.0 Å². The van der Waals surface area contributed by atoms with E-state index in [1.54, 1.807) is 0 Å². The molecule has 0 aromatic heterocycles. The molecule has 52 heavy (non-hydrogen) atoms. The summed E-state index contributed by atoms with van der Waals surface area (Å²) >= 11 is 0. The van der Waals surface area contributed by atoms with Crippen molar-refractivity contribution in [2.75, 3.05) is 18.0 Å². The van der Waals surface area contributed by atoms with Gasteiger partial charge in [-0.1, -0.05) is 109 Å². The van der Waals surface area contributed by atoms with Gasteiger partial charge in [-0.2, -0.15) is 0 Å². The van der Waals surface area contributed by atoms with Gasteiger partial charge in [-0.25, -0.2) is 0 Å². The summed E-state index contributed by atoms with van der Waals surface area (Å²) in [6, 6.07) is 39.2. The Bertz CT molecular complexity index is 2070. The second-order valence-corrected chi connectivity index (χ2v) is 13.5. The zero-order valence-electron chi connectivity index (χ0n) is 29.4. The summed E-state index contributed by atoms with van der Waals surface area (Å²) in [7, 11) is 0. The van der Waals surface area contributed by atoms with Gasteiger partial charge in [0.25, 0.3) is 0 Å². The predicted octanol–water partition coefficient (Wildman–Crippen LogP) is 6.12. The SMILES string of the molecule is Cc1ccc(N2CCc3ccccc3[C@H]2[C@H](N=C(c2ccccc2)c2ccccc2N=C([O-])[C@@H]2CCCN2Cc2ccccc2)C(=O)[O-])cc1C.[Ni+2]. The van der Waals surface area contributed by atoms with E-state index in [-0.39, 0.29) is 28.4 Å². The average molecular weight is 734 g/mol. The topological polar surface area (TPSA) is 94.4 Å². The summed E-state index contributed by atoms with van der Waals surface area (Å²) in [5.41, 5.74) is 8.66. The molecule has 0 N–H and O–H groups in total. The summed E-state index contributed by atoms with van der Waals surface area (Å²) < 4.78 is 0. The van der Waals surface area contributed by atoms with Crippen LogP contribution in [0.2, 0.25) is 0 Å². The number of likely N-dealkylation sites (tertiary alicyclic amines) is 1. The third kappa shape index (κ3) is 7.89. The van der Waals surface area contributed by atoms with Gasteiger partial charge in [-0.05, 0) is 91.6 Å². The van der Waals surface area contributed by atoms with E-state index in [0.717, 1.165) is 59.3 Å². The molecule has 0 bridgehead atoms. The molecule has 0 unspecified atom stereocenters. The molecule has 5 aromatic rings. The minimum Gasteiger partial charge on any atom is -0.861 e. The Morgan fingerprint density at radius 3 is 2.25 bits per heavy atom. The van der Waals surface area contributed by atoms with Gasteiger partial charge in [-0.15, -0.1) is 0 Å². The van der Waals surface area contributed by atoms with Crippen LogP contribution in [0.3, 0.4) is 0 Å². The van der Waals surface area contributed by atoms with Gasteiger partial charge in [0.05, 0.1) is 23.4 Å². The van der Waals surface area contributed by atoms with E-state index in [1.165, 1.54) is 5.56 Å². The van der Waals surface area contributed by atoms with Crippen molar-refractivity contribution in [1.82, 2.24) is 4.90 Å². The van der Waals surface area contributed by atoms with Crippen molar-refractivity contribution in [2.45, 2.75) is 57.8 Å². The van der Waals surface area contributed by atoms with Crippen molar-refractivity contribution in [3.05, 3.63) is 166 Å². The molecule has 0 aliphatic carbocycles. The number of carbonyl (C=O) groups excluding carboxylic acids is 1. The summed E-state index contributed by atoms with van der Waals surface area (Å²) in [4.78, 5) is 27.6. The summed E-state index contributed by atoms with van der Waals surface area (Å²) in [6.45, 7) is 6.28. The number of carbonyl (C=O) groups is 1. The number of hydrogen-bond acceptors (Lipinski definition) is 7. The maximum absolute atomic E-state index is 13.9. The second kappa shape index (κ2) is 16.5. The molecule has 2 aliphatic heterocycles. The monoisotopic (exact) mass is 732 g/mol. The van der Waals surface area contributed by atoms with E-state index in [2.05, 4.69) is 60.0 Å². The van der Waals surface area contributed by atoms with E-state index in [4.69, 9.17) is 9.98 Å². The first-order valence-corrected chi connectivity index (χ1v) is 17.8. The molecule has 266 valence electrons. The van der Waals surface area contributed by atoms with Crippen LogP contribution >= 0.6 is 0 Å². The van der Waals surface area contributed by atoms with Crippen molar-refractivity contribution in [3.63, 3.8) is 0 Å². The maximum Gasteiger partial charge on any atom is 2.00 e. The average Bonchev–Trinajstić information content (AvgIpc) is 3.62. The second-order valence-electron chi connectivity index (χ2n) is 13.5. The van der Waals surface area contributed by atoms with Gasteiger partial charge < -0.3 is 19.9 Å². The Balaban J connectivity index is 0.00000464. The van der Waals surface area contributed by atoms with Gasteiger partial charge in [0, 0.05) is 35.9 Å². The van der Waals surface area contributed by atoms with Crippen molar-refractivity contribution in [2.24, 2.45) is 9.98 Å². The molecular weight excluding hydrogens is 691 g/mol. The Morgan fingerprint density at radius 1 is 0.808 bits per heavy atom. The van der Waals surface area contributed by atoms with Crippen molar-refractivity contribution in [3.8, 4) is 0 Å². The van der Waals surface area contributed by atoms with Gasteiger partial charge in [-0.3, -0.25) is 14.9 Å². The summed E-state index contributed by atoms with van der Waals surface area (Å²) in [5.74, 6) is -1.48. The Labute approximate surface area is 316 Å². The number of nitrogens with zero attached hydrogens (tertiary/aromatic N) is 4. The predicted molar refractivity (Wildman–Crippen MR) is 200 cm³/mol. The van der Waals surface area contributed by atoms with Gasteiger partial charge in [0.15, 0.2) is 0 Å². The first-order chi connectivity index (χ1) is 24.9. The minimum absolute atomic E-state index is 0. The third-order valence-electron chi connectivity index (χ3n) is 10.3. The number of rotatable bonds is 10. The number of carboxylic acids is 1. The third-order valence-corrected chi connectivity index (χ3v) is 10.3. The van der Waals surface area contributed by atoms with Crippen molar-refractivity contribution < 1.29 is 31.5 Å². The van der Waals surface area contributed by atoms with Crippen LogP contribution in [0, 0.1) is 13.8 Å². The zero-order valence-corrected chi connectivity index (χ0v) is 30.4. The molecule has 3 atom stereocenters. The molecule has 2 heterocycles.